The Labute approximate surface area is 344 Å². The predicted octanol–water partition coefficient (Wildman–Crippen LogP) is 5.79. The molecule has 1 aliphatic rings. The Balaban J connectivity index is 2.31. The van der Waals surface area contributed by atoms with Gasteiger partial charge in [-0.3, -0.25) is 24.1 Å². The van der Waals surface area contributed by atoms with Crippen LogP contribution in [-0.2, 0) is 44.6 Å². The third kappa shape index (κ3) is 13.3. The molecule has 0 radical (unpaired) electrons. The molecule has 12 heteroatoms. The highest BCUT2D eigenvalue weighted by Crippen LogP contribution is 2.31. The number of likely N-dealkylation sites (N-methyl/N-ethyl adjacent to an activating group) is 2. The number of rotatable bonds is 22. The van der Waals surface area contributed by atoms with E-state index < -0.39 is 42.1 Å². The van der Waals surface area contributed by atoms with Crippen molar-refractivity contribution in [2.24, 2.45) is 29.6 Å². The highest BCUT2D eigenvalue weighted by atomic mass is 16.5. The third-order valence-electron chi connectivity index (χ3n) is 12.3. The zero-order chi connectivity index (χ0) is 43.4. The van der Waals surface area contributed by atoms with Gasteiger partial charge in [0.05, 0.1) is 49.8 Å². The number of amides is 3. The van der Waals surface area contributed by atoms with Gasteiger partial charge in [-0.05, 0) is 64.0 Å². The number of benzene rings is 1. The van der Waals surface area contributed by atoms with Crippen molar-refractivity contribution in [3.05, 3.63) is 35.9 Å². The molecule has 0 unspecified atom stereocenters. The predicted molar refractivity (Wildman–Crippen MR) is 224 cm³/mol. The highest BCUT2D eigenvalue weighted by molar-refractivity contribution is 5.90. The minimum absolute atomic E-state index is 0.0147. The number of Topliss-reactive ketones (excluding diaryl/α,β-unsaturated/α-hetero) is 1. The number of carbonyl (C=O) groups is 5. The van der Waals surface area contributed by atoms with Crippen LogP contribution in [0, 0.1) is 29.6 Å². The van der Waals surface area contributed by atoms with Crippen LogP contribution in [-0.4, -0.2) is 128 Å². The van der Waals surface area contributed by atoms with Crippen LogP contribution in [0.25, 0.3) is 0 Å². The second kappa shape index (κ2) is 22.7. The smallest absolute Gasteiger partial charge is 0.328 e. The van der Waals surface area contributed by atoms with Crippen LogP contribution >= 0.6 is 0 Å². The Kier molecular flexibility index (Phi) is 19.8. The summed E-state index contributed by atoms with van der Waals surface area (Å²) in [4.78, 5) is 74.8. The van der Waals surface area contributed by atoms with Gasteiger partial charge in [0.25, 0.3) is 0 Å². The second-order valence-electron chi connectivity index (χ2n) is 17.9. The summed E-state index contributed by atoms with van der Waals surface area (Å²) in [7, 11) is 8.15. The van der Waals surface area contributed by atoms with Crippen molar-refractivity contribution in [1.29, 1.82) is 0 Å². The van der Waals surface area contributed by atoms with E-state index in [1.54, 1.807) is 30.9 Å². The molecule has 0 bridgehead atoms. The lowest BCUT2D eigenvalue weighted by Gasteiger charge is -2.42. The van der Waals surface area contributed by atoms with Gasteiger partial charge in [-0.1, -0.05) is 85.2 Å². The van der Waals surface area contributed by atoms with E-state index in [1.807, 2.05) is 65.1 Å². The first kappa shape index (κ1) is 49.8. The maximum Gasteiger partial charge on any atom is 0.328 e. The number of nitrogens with zero attached hydrogens (tertiary/aromatic N) is 3. The van der Waals surface area contributed by atoms with Crippen LogP contribution in [0.15, 0.2) is 30.3 Å². The fourth-order valence-corrected chi connectivity index (χ4v) is 8.45. The molecule has 3 amide bonds. The van der Waals surface area contributed by atoms with Gasteiger partial charge in [0.2, 0.25) is 17.7 Å². The van der Waals surface area contributed by atoms with E-state index in [0.717, 1.165) is 18.4 Å². The average Bonchev–Trinajstić information content (AvgIpc) is 3.65. The first-order chi connectivity index (χ1) is 26.7. The fraction of sp³-hybridized carbons (Fsp3) is 0.756. The summed E-state index contributed by atoms with van der Waals surface area (Å²) in [5.41, 5.74) is 0.654. The topological polar surface area (TPSA) is 135 Å². The Morgan fingerprint density at radius 3 is 2.00 bits per heavy atom. The zero-order valence-corrected chi connectivity index (χ0v) is 37.8. The van der Waals surface area contributed by atoms with E-state index in [1.165, 1.54) is 14.2 Å². The Hall–Kier alpha value is -3.35. The molecule has 1 aromatic carbocycles. The van der Waals surface area contributed by atoms with Crippen LogP contribution in [0.4, 0.5) is 0 Å². The number of ketones is 1. The van der Waals surface area contributed by atoms with Gasteiger partial charge < -0.3 is 29.3 Å². The number of likely N-dealkylation sites (tertiary alicyclic amines) is 1. The van der Waals surface area contributed by atoms with E-state index in [0.29, 0.717) is 13.0 Å². The molecule has 9 atom stereocenters. The van der Waals surface area contributed by atoms with E-state index in [9.17, 15) is 24.0 Å². The molecule has 324 valence electrons. The standard InChI is InChI=1S/C45H76N4O8/c1-16-30(6)40(47(11)43(53)33(28(2)3)26-36(50)39(29(4)5)48(12)45(8,9)10)37(55-13)27-38(51)49-24-20-23-35(49)41(56-14)31(7)42(52)46-34(44(54)57-15)25-32-21-18-17-19-22-32/h17-19,21-22,28-31,33-35,37,39-41H,16,20,23-27H2,1-15H3,(H,46,52)/t30-,31+,33-,34-,35-,37+,39-,40-,41+/m0/s1. The van der Waals surface area contributed by atoms with Gasteiger partial charge in [-0.25, -0.2) is 4.79 Å². The van der Waals surface area contributed by atoms with Gasteiger partial charge >= 0.3 is 5.97 Å². The molecule has 0 spiro atoms. The van der Waals surface area contributed by atoms with Crippen LogP contribution in [0.2, 0.25) is 0 Å². The summed E-state index contributed by atoms with van der Waals surface area (Å²) in [5, 5.41) is 2.87. The fourth-order valence-electron chi connectivity index (χ4n) is 8.45. The first-order valence-electron chi connectivity index (χ1n) is 21.0. The average molecular weight is 801 g/mol. The molecule has 1 saturated heterocycles. The zero-order valence-electron chi connectivity index (χ0n) is 37.8. The van der Waals surface area contributed by atoms with E-state index in [2.05, 4.69) is 44.8 Å². The quantitative estimate of drug-likeness (QED) is 0.145. The maximum atomic E-state index is 14.5. The molecular formula is C45H76N4O8. The highest BCUT2D eigenvalue weighted by Gasteiger charge is 2.44. The Morgan fingerprint density at radius 2 is 1.51 bits per heavy atom. The summed E-state index contributed by atoms with van der Waals surface area (Å²) in [6, 6.07) is 7.36. The second-order valence-corrected chi connectivity index (χ2v) is 17.9. The third-order valence-corrected chi connectivity index (χ3v) is 12.3. The van der Waals surface area contributed by atoms with Gasteiger partial charge in [-0.15, -0.1) is 0 Å². The van der Waals surface area contributed by atoms with Crippen LogP contribution in [0.1, 0.15) is 107 Å². The van der Waals surface area contributed by atoms with Crippen molar-refractivity contribution >= 4 is 29.5 Å². The maximum absolute atomic E-state index is 14.5. The number of nitrogens with one attached hydrogen (secondary N) is 1. The van der Waals surface area contributed by atoms with Crippen LogP contribution in [0.3, 0.4) is 0 Å². The van der Waals surface area contributed by atoms with Crippen molar-refractivity contribution in [3.8, 4) is 0 Å². The summed E-state index contributed by atoms with van der Waals surface area (Å²) in [5.74, 6) is -2.42. The van der Waals surface area contributed by atoms with Crippen molar-refractivity contribution in [3.63, 3.8) is 0 Å². The van der Waals surface area contributed by atoms with E-state index in [4.69, 9.17) is 14.2 Å². The molecule has 1 aromatic rings. The van der Waals surface area contributed by atoms with Crippen molar-refractivity contribution in [1.82, 2.24) is 20.0 Å². The van der Waals surface area contributed by atoms with E-state index >= 15 is 0 Å². The van der Waals surface area contributed by atoms with Crippen LogP contribution < -0.4 is 5.32 Å². The van der Waals surface area contributed by atoms with Gasteiger partial charge in [0.15, 0.2) is 5.78 Å². The number of esters is 1. The minimum atomic E-state index is -0.888. The molecule has 1 aliphatic heterocycles. The lowest BCUT2D eigenvalue weighted by molar-refractivity contribution is -0.150. The Bertz CT molecular complexity index is 1450. The monoisotopic (exact) mass is 801 g/mol. The first-order valence-corrected chi connectivity index (χ1v) is 21.0. The van der Waals surface area contributed by atoms with E-state index in [-0.39, 0.29) is 78.1 Å². The molecule has 1 heterocycles. The van der Waals surface area contributed by atoms with Crippen molar-refractivity contribution in [2.75, 3.05) is 42.0 Å². The molecular weight excluding hydrogens is 725 g/mol. The normalized spacial score (nSPS) is 19.1. The minimum Gasteiger partial charge on any atom is -0.467 e. The molecule has 2 rings (SSSR count). The summed E-state index contributed by atoms with van der Waals surface area (Å²) < 4.78 is 17.0. The largest absolute Gasteiger partial charge is 0.467 e. The van der Waals surface area contributed by atoms with Crippen molar-refractivity contribution in [2.45, 2.75) is 150 Å². The lowest BCUT2D eigenvalue weighted by Crippen LogP contribution is -2.55. The number of hydrogen-bond acceptors (Lipinski definition) is 9. The number of hydrogen-bond donors (Lipinski definition) is 1. The summed E-state index contributed by atoms with van der Waals surface area (Å²) >= 11 is 0. The summed E-state index contributed by atoms with van der Waals surface area (Å²) in [6.07, 6.45) is 1.28. The van der Waals surface area contributed by atoms with Crippen LogP contribution in [0.5, 0.6) is 0 Å². The number of ether oxygens (including phenoxy) is 3. The molecule has 1 fully saturated rings. The van der Waals surface area contributed by atoms with Gasteiger partial charge in [0.1, 0.15) is 6.04 Å². The van der Waals surface area contributed by atoms with Crippen molar-refractivity contribution < 1.29 is 38.2 Å². The molecule has 0 aromatic heterocycles. The molecule has 0 saturated carbocycles. The number of methoxy groups -OCH3 is 3. The Morgan fingerprint density at radius 1 is 0.895 bits per heavy atom. The molecule has 1 N–H and O–H groups in total. The van der Waals surface area contributed by atoms with Gasteiger partial charge in [-0.2, -0.15) is 0 Å². The molecule has 0 aliphatic carbocycles. The summed E-state index contributed by atoms with van der Waals surface area (Å²) in [6.45, 7) is 20.7. The number of carbonyl (C=O) groups excluding carboxylic acids is 5. The molecule has 57 heavy (non-hydrogen) atoms. The van der Waals surface area contributed by atoms with Gasteiger partial charge in [0, 0.05) is 52.1 Å². The molecule has 12 nitrogen and oxygen atoms in total. The lowest BCUT2D eigenvalue weighted by atomic mass is 9.83. The SMILES string of the molecule is CC[C@H](C)[C@@H]([C@@H](CC(=O)N1CCC[C@H]1[C@H](OC)[C@@H](C)C(=O)N[C@@H](Cc1ccccc1)C(=O)OC)OC)N(C)C(=O)[C@@H](CC(=O)[C@H](C(C)C)N(C)C(C)(C)C)C(C)C.